The SMILES string of the molecule is CCSc1cccc(NC2CCCCCC2C)c1C(=O)O. The van der Waals surface area contributed by atoms with Gasteiger partial charge in [0.05, 0.1) is 11.3 Å². The van der Waals surface area contributed by atoms with Gasteiger partial charge in [-0.05, 0) is 36.6 Å². The Bertz CT molecular complexity index is 490. The van der Waals surface area contributed by atoms with E-state index in [9.17, 15) is 9.90 Å². The van der Waals surface area contributed by atoms with Gasteiger partial charge in [-0.3, -0.25) is 0 Å². The van der Waals surface area contributed by atoms with Crippen LogP contribution in [-0.4, -0.2) is 22.9 Å². The topological polar surface area (TPSA) is 49.3 Å². The summed E-state index contributed by atoms with van der Waals surface area (Å²) in [5.74, 6) is 0.635. The third-order valence-corrected chi connectivity index (χ3v) is 5.18. The Hall–Kier alpha value is -1.16. The van der Waals surface area contributed by atoms with Crippen molar-refractivity contribution in [3.05, 3.63) is 23.8 Å². The lowest BCUT2D eigenvalue weighted by atomic mass is 9.96. The van der Waals surface area contributed by atoms with Gasteiger partial charge in [0, 0.05) is 10.9 Å². The summed E-state index contributed by atoms with van der Waals surface area (Å²) in [5, 5.41) is 13.1. The molecule has 1 aliphatic carbocycles. The zero-order chi connectivity index (χ0) is 15.2. The molecule has 4 heteroatoms. The second-order valence-electron chi connectivity index (χ2n) is 5.78. The van der Waals surface area contributed by atoms with E-state index in [0.717, 1.165) is 22.8 Å². The van der Waals surface area contributed by atoms with Gasteiger partial charge in [0.15, 0.2) is 0 Å². The van der Waals surface area contributed by atoms with Crippen LogP contribution in [0.15, 0.2) is 23.1 Å². The Morgan fingerprint density at radius 2 is 2.10 bits per heavy atom. The maximum atomic E-state index is 11.7. The third kappa shape index (κ3) is 4.16. The van der Waals surface area contributed by atoms with Gasteiger partial charge in [0.2, 0.25) is 0 Å². The van der Waals surface area contributed by atoms with Crippen LogP contribution in [0.4, 0.5) is 5.69 Å². The van der Waals surface area contributed by atoms with Crippen molar-refractivity contribution in [2.45, 2.75) is 56.9 Å². The Morgan fingerprint density at radius 1 is 1.33 bits per heavy atom. The van der Waals surface area contributed by atoms with Crippen molar-refractivity contribution in [2.24, 2.45) is 5.92 Å². The van der Waals surface area contributed by atoms with Crippen LogP contribution >= 0.6 is 11.8 Å². The number of carbonyl (C=O) groups is 1. The van der Waals surface area contributed by atoms with Crippen LogP contribution in [0.2, 0.25) is 0 Å². The zero-order valence-corrected chi connectivity index (χ0v) is 13.7. The first-order valence-electron chi connectivity index (χ1n) is 7.89. The number of anilines is 1. The Kier molecular flexibility index (Phi) is 5.97. The van der Waals surface area contributed by atoms with Gasteiger partial charge in [-0.1, -0.05) is 39.2 Å². The average molecular weight is 307 g/mol. The Balaban J connectivity index is 2.25. The summed E-state index contributed by atoms with van der Waals surface area (Å²) in [6.45, 7) is 4.32. The maximum Gasteiger partial charge on any atom is 0.338 e. The molecule has 1 aromatic carbocycles. The third-order valence-electron chi connectivity index (χ3n) is 4.24. The molecule has 1 aromatic rings. The number of hydrogen-bond acceptors (Lipinski definition) is 3. The molecule has 1 saturated carbocycles. The van der Waals surface area contributed by atoms with Crippen LogP contribution in [-0.2, 0) is 0 Å². The van der Waals surface area contributed by atoms with Crippen LogP contribution in [0.1, 0.15) is 56.3 Å². The van der Waals surface area contributed by atoms with E-state index in [2.05, 4.69) is 12.2 Å². The van der Waals surface area contributed by atoms with Gasteiger partial charge in [-0.2, -0.15) is 0 Å². The summed E-state index contributed by atoms with van der Waals surface area (Å²) in [4.78, 5) is 12.5. The molecule has 0 radical (unpaired) electrons. The number of carboxylic acid groups (broad SMARTS) is 1. The normalized spacial score (nSPS) is 22.6. The number of aromatic carboxylic acids is 1. The molecule has 0 heterocycles. The highest BCUT2D eigenvalue weighted by Gasteiger charge is 2.23. The van der Waals surface area contributed by atoms with E-state index in [1.807, 2.05) is 25.1 Å². The summed E-state index contributed by atoms with van der Waals surface area (Å²) < 4.78 is 0. The fraction of sp³-hybridized carbons (Fsp3) is 0.588. The van der Waals surface area contributed by atoms with E-state index in [1.54, 1.807) is 11.8 Å². The molecule has 2 atom stereocenters. The fourth-order valence-corrected chi connectivity index (χ4v) is 3.88. The second kappa shape index (κ2) is 7.74. The molecule has 2 rings (SSSR count). The summed E-state index contributed by atoms with van der Waals surface area (Å²) in [6, 6.07) is 6.14. The molecule has 1 fully saturated rings. The first-order valence-corrected chi connectivity index (χ1v) is 8.87. The highest BCUT2D eigenvalue weighted by molar-refractivity contribution is 7.99. The minimum Gasteiger partial charge on any atom is -0.478 e. The highest BCUT2D eigenvalue weighted by atomic mass is 32.2. The maximum absolute atomic E-state index is 11.7. The van der Waals surface area contributed by atoms with E-state index < -0.39 is 5.97 Å². The average Bonchev–Trinajstić information content (AvgIpc) is 2.64. The number of rotatable bonds is 5. The molecule has 116 valence electrons. The Morgan fingerprint density at radius 3 is 2.81 bits per heavy atom. The number of benzene rings is 1. The van der Waals surface area contributed by atoms with Gasteiger partial charge in [0.25, 0.3) is 0 Å². The van der Waals surface area contributed by atoms with Gasteiger partial charge in [-0.15, -0.1) is 11.8 Å². The van der Waals surface area contributed by atoms with Crippen LogP contribution < -0.4 is 5.32 Å². The molecule has 0 bridgehead atoms. The summed E-state index contributed by atoms with van der Waals surface area (Å²) >= 11 is 1.59. The van der Waals surface area contributed by atoms with E-state index in [-0.39, 0.29) is 0 Å². The Labute approximate surface area is 131 Å². The van der Waals surface area contributed by atoms with Crippen LogP contribution in [0, 0.1) is 5.92 Å². The lowest BCUT2D eigenvalue weighted by molar-refractivity contribution is 0.0694. The van der Waals surface area contributed by atoms with E-state index in [1.165, 1.54) is 25.7 Å². The first kappa shape index (κ1) is 16.2. The molecular weight excluding hydrogens is 282 g/mol. The lowest BCUT2D eigenvalue weighted by Gasteiger charge is -2.25. The molecule has 0 saturated heterocycles. The predicted molar refractivity (Wildman–Crippen MR) is 89.5 cm³/mol. The van der Waals surface area contributed by atoms with Gasteiger partial charge in [-0.25, -0.2) is 4.79 Å². The summed E-state index contributed by atoms with van der Waals surface area (Å²) in [5.41, 5.74) is 1.21. The lowest BCUT2D eigenvalue weighted by Crippen LogP contribution is -2.27. The zero-order valence-electron chi connectivity index (χ0n) is 12.9. The van der Waals surface area contributed by atoms with Crippen molar-refractivity contribution in [2.75, 3.05) is 11.1 Å². The molecular formula is C17H25NO2S. The highest BCUT2D eigenvalue weighted by Crippen LogP contribution is 2.32. The monoisotopic (exact) mass is 307 g/mol. The van der Waals surface area contributed by atoms with Crippen LogP contribution in [0.3, 0.4) is 0 Å². The molecule has 0 spiro atoms. The van der Waals surface area contributed by atoms with Crippen LogP contribution in [0.5, 0.6) is 0 Å². The largest absolute Gasteiger partial charge is 0.478 e. The molecule has 2 unspecified atom stereocenters. The molecule has 0 aromatic heterocycles. The van der Waals surface area contributed by atoms with Crippen molar-refractivity contribution in [1.82, 2.24) is 0 Å². The quantitative estimate of drug-likeness (QED) is 0.601. The molecule has 0 amide bonds. The minimum absolute atomic E-state index is 0.382. The fourth-order valence-electron chi connectivity index (χ4n) is 3.05. The number of nitrogens with one attached hydrogen (secondary N) is 1. The van der Waals surface area contributed by atoms with Gasteiger partial charge < -0.3 is 10.4 Å². The summed E-state index contributed by atoms with van der Waals surface area (Å²) in [7, 11) is 0. The smallest absolute Gasteiger partial charge is 0.338 e. The van der Waals surface area contributed by atoms with Crippen molar-refractivity contribution in [3.63, 3.8) is 0 Å². The number of thioether (sulfide) groups is 1. The number of hydrogen-bond donors (Lipinski definition) is 2. The van der Waals surface area contributed by atoms with E-state index in [4.69, 9.17) is 0 Å². The minimum atomic E-state index is -0.838. The van der Waals surface area contributed by atoms with Crippen molar-refractivity contribution in [1.29, 1.82) is 0 Å². The molecule has 0 aliphatic heterocycles. The van der Waals surface area contributed by atoms with Gasteiger partial charge in [0.1, 0.15) is 0 Å². The molecule has 3 nitrogen and oxygen atoms in total. The van der Waals surface area contributed by atoms with E-state index >= 15 is 0 Å². The molecule has 2 N–H and O–H groups in total. The molecule has 21 heavy (non-hydrogen) atoms. The van der Waals surface area contributed by atoms with Crippen LogP contribution in [0.25, 0.3) is 0 Å². The second-order valence-corrected chi connectivity index (χ2v) is 7.09. The standard InChI is InChI=1S/C17H25NO2S/c1-3-21-15-11-7-10-14(16(15)17(19)20)18-13-9-6-4-5-8-12(13)2/h7,10-13,18H,3-6,8-9H2,1-2H3,(H,19,20). The van der Waals surface area contributed by atoms with Gasteiger partial charge >= 0.3 is 5.97 Å². The first-order chi connectivity index (χ1) is 10.1. The number of carboxylic acids is 1. The van der Waals surface area contributed by atoms with Crippen molar-refractivity contribution < 1.29 is 9.90 Å². The van der Waals surface area contributed by atoms with Crippen molar-refractivity contribution in [3.8, 4) is 0 Å². The summed E-state index contributed by atoms with van der Waals surface area (Å²) in [6.07, 6.45) is 6.17. The van der Waals surface area contributed by atoms with E-state index in [0.29, 0.717) is 17.5 Å². The molecule has 1 aliphatic rings. The van der Waals surface area contributed by atoms with Crippen molar-refractivity contribution >= 4 is 23.4 Å². The predicted octanol–water partition coefficient (Wildman–Crippen LogP) is 4.88.